The molecule has 1 aromatic rings. The number of hydrogen-bond acceptors (Lipinski definition) is 5. The summed E-state index contributed by atoms with van der Waals surface area (Å²) in [7, 11) is 0.252. The summed E-state index contributed by atoms with van der Waals surface area (Å²) in [5, 5.41) is 10.4. The maximum absolute atomic E-state index is 12.0. The Morgan fingerprint density at radius 2 is 1.89 bits per heavy atom. The number of benzene rings is 1. The lowest BCUT2D eigenvalue weighted by Gasteiger charge is -2.11. The van der Waals surface area contributed by atoms with Crippen molar-refractivity contribution in [1.82, 2.24) is 0 Å². The molecule has 0 N–H and O–H groups in total. The van der Waals surface area contributed by atoms with Gasteiger partial charge in [0.1, 0.15) is 10.6 Å². The molecule has 100 valence electrons. The van der Waals surface area contributed by atoms with Crippen LogP contribution in [0, 0.1) is 10.1 Å². The molecule has 0 aliphatic heterocycles. The summed E-state index contributed by atoms with van der Waals surface area (Å²) in [6.07, 6.45) is -5.15. The van der Waals surface area contributed by atoms with E-state index in [1.807, 2.05) is 0 Å². The molecule has 0 saturated carbocycles. The number of nitro groups is 1. The molecule has 0 spiro atoms. The number of halogens is 4. The first-order valence-corrected chi connectivity index (χ1v) is 6.30. The minimum absolute atomic E-state index is 0.378. The van der Waals surface area contributed by atoms with E-state index in [-0.39, 0.29) is 0 Å². The van der Waals surface area contributed by atoms with Crippen molar-refractivity contribution in [2.45, 2.75) is 11.3 Å². The van der Waals surface area contributed by atoms with Crippen LogP contribution in [0.3, 0.4) is 0 Å². The Morgan fingerprint density at radius 1 is 1.33 bits per heavy atom. The Hall–Kier alpha value is -1.55. The summed E-state index contributed by atoms with van der Waals surface area (Å²) < 4.78 is 61.4. The van der Waals surface area contributed by atoms with Gasteiger partial charge in [0.05, 0.1) is 4.92 Å². The number of non-ortho nitro benzene ring substituents is 1. The van der Waals surface area contributed by atoms with E-state index in [1.165, 1.54) is 0 Å². The molecule has 0 fully saturated rings. The minimum Gasteiger partial charge on any atom is -0.404 e. The predicted octanol–water partition coefficient (Wildman–Crippen LogP) is 2.42. The molecule has 0 aliphatic rings. The van der Waals surface area contributed by atoms with Crippen LogP contribution in [0.1, 0.15) is 0 Å². The molecule has 11 heteroatoms. The molecule has 0 radical (unpaired) electrons. The zero-order chi connectivity index (χ0) is 14.1. The molecule has 18 heavy (non-hydrogen) atoms. The normalized spacial score (nSPS) is 12.2. The van der Waals surface area contributed by atoms with Gasteiger partial charge in [0.2, 0.25) is 0 Å². The number of nitro benzene ring substituents is 1. The van der Waals surface area contributed by atoms with Gasteiger partial charge < -0.3 is 4.74 Å². The third kappa shape index (κ3) is 3.74. The molecule has 0 atom stereocenters. The highest BCUT2D eigenvalue weighted by atomic mass is 35.7. The van der Waals surface area contributed by atoms with Crippen molar-refractivity contribution in [3.63, 3.8) is 0 Å². The van der Waals surface area contributed by atoms with Crippen molar-refractivity contribution in [3.8, 4) is 5.75 Å². The van der Waals surface area contributed by atoms with Gasteiger partial charge in [0.15, 0.2) is 0 Å². The first kappa shape index (κ1) is 14.5. The highest BCUT2D eigenvalue weighted by Crippen LogP contribution is 2.34. The summed E-state index contributed by atoms with van der Waals surface area (Å²) in [4.78, 5) is 8.27. The van der Waals surface area contributed by atoms with Crippen LogP contribution in [-0.4, -0.2) is 19.7 Å². The summed E-state index contributed by atoms with van der Waals surface area (Å²) in [5.74, 6) is -1.14. The molecule has 0 aliphatic carbocycles. The fraction of sp³-hybridized carbons (Fsp3) is 0.143. The molecule has 6 nitrogen and oxygen atoms in total. The smallest absolute Gasteiger partial charge is 0.404 e. The molecule has 0 heterocycles. The van der Waals surface area contributed by atoms with E-state index in [2.05, 4.69) is 4.74 Å². The van der Waals surface area contributed by atoms with Crippen LogP contribution < -0.4 is 4.74 Å². The second-order valence-electron chi connectivity index (χ2n) is 2.87. The minimum atomic E-state index is -5.15. The Labute approximate surface area is 102 Å². The molecular formula is C7H3ClF3NO5S. The third-order valence-corrected chi connectivity index (χ3v) is 2.97. The summed E-state index contributed by atoms with van der Waals surface area (Å²) in [6, 6.07) is 1.54. The van der Waals surface area contributed by atoms with E-state index in [4.69, 9.17) is 10.7 Å². The molecule has 0 amide bonds. The van der Waals surface area contributed by atoms with Crippen LogP contribution in [0.4, 0.5) is 18.9 Å². The summed E-state index contributed by atoms with van der Waals surface area (Å²) in [6.45, 7) is 0. The second-order valence-corrected chi connectivity index (χ2v) is 5.41. The average Bonchev–Trinajstić information content (AvgIpc) is 2.13. The van der Waals surface area contributed by atoms with E-state index in [1.54, 1.807) is 0 Å². The number of ether oxygens (including phenoxy) is 1. The number of nitrogens with zero attached hydrogens (tertiary/aromatic N) is 1. The Morgan fingerprint density at radius 3 is 2.28 bits per heavy atom. The molecule has 1 rings (SSSR count). The monoisotopic (exact) mass is 305 g/mol. The van der Waals surface area contributed by atoms with Crippen LogP contribution in [0.15, 0.2) is 23.1 Å². The lowest BCUT2D eigenvalue weighted by Crippen LogP contribution is -2.18. The van der Waals surface area contributed by atoms with Gasteiger partial charge in [-0.1, -0.05) is 0 Å². The van der Waals surface area contributed by atoms with Crippen LogP contribution in [-0.2, 0) is 9.05 Å². The fourth-order valence-electron chi connectivity index (χ4n) is 1.01. The zero-order valence-electron chi connectivity index (χ0n) is 8.14. The quantitative estimate of drug-likeness (QED) is 0.486. The number of rotatable bonds is 3. The van der Waals surface area contributed by atoms with Gasteiger partial charge in [0.25, 0.3) is 14.7 Å². The summed E-state index contributed by atoms with van der Waals surface area (Å²) in [5.41, 5.74) is -0.733. The molecule has 0 saturated heterocycles. The fourth-order valence-corrected chi connectivity index (χ4v) is 1.98. The lowest BCUT2D eigenvalue weighted by atomic mass is 10.3. The van der Waals surface area contributed by atoms with Crippen LogP contribution in [0.2, 0.25) is 0 Å². The van der Waals surface area contributed by atoms with Crippen molar-refractivity contribution in [2.75, 3.05) is 0 Å². The number of hydrogen-bond donors (Lipinski definition) is 0. The van der Waals surface area contributed by atoms with Crippen molar-refractivity contribution >= 4 is 25.4 Å². The summed E-state index contributed by atoms with van der Waals surface area (Å²) >= 11 is 0. The third-order valence-electron chi connectivity index (χ3n) is 1.63. The van der Waals surface area contributed by atoms with E-state index in [0.29, 0.717) is 18.2 Å². The van der Waals surface area contributed by atoms with E-state index >= 15 is 0 Å². The predicted molar refractivity (Wildman–Crippen MR) is 52.8 cm³/mol. The van der Waals surface area contributed by atoms with Gasteiger partial charge >= 0.3 is 6.36 Å². The molecule has 0 aromatic heterocycles. The van der Waals surface area contributed by atoms with Crippen LogP contribution in [0.5, 0.6) is 5.75 Å². The molecular weight excluding hydrogens is 303 g/mol. The number of alkyl halides is 3. The highest BCUT2D eigenvalue weighted by Gasteiger charge is 2.34. The average molecular weight is 306 g/mol. The van der Waals surface area contributed by atoms with Crippen molar-refractivity contribution in [2.24, 2.45) is 0 Å². The van der Waals surface area contributed by atoms with Crippen molar-refractivity contribution in [1.29, 1.82) is 0 Å². The maximum atomic E-state index is 12.0. The molecule has 0 bridgehead atoms. The maximum Gasteiger partial charge on any atom is 0.573 e. The Bertz CT molecular complexity index is 585. The lowest BCUT2D eigenvalue weighted by molar-refractivity contribution is -0.385. The van der Waals surface area contributed by atoms with Gasteiger partial charge in [-0.05, 0) is 6.07 Å². The van der Waals surface area contributed by atoms with Crippen molar-refractivity contribution < 1.29 is 31.2 Å². The van der Waals surface area contributed by atoms with Gasteiger partial charge in [-0.25, -0.2) is 8.42 Å². The zero-order valence-corrected chi connectivity index (χ0v) is 9.71. The molecule has 1 aromatic carbocycles. The van der Waals surface area contributed by atoms with E-state index < -0.39 is 36.7 Å². The topological polar surface area (TPSA) is 86.5 Å². The standard InChI is InChI=1S/C7H3ClF3NO5S/c8-18(15,16)6-3-4(12(13)14)1-2-5(6)17-7(9,10)11/h1-3H. The highest BCUT2D eigenvalue weighted by molar-refractivity contribution is 8.13. The van der Waals surface area contributed by atoms with Gasteiger partial charge in [-0.2, -0.15) is 0 Å². The van der Waals surface area contributed by atoms with Gasteiger partial charge in [0, 0.05) is 22.8 Å². The van der Waals surface area contributed by atoms with E-state index in [0.717, 1.165) is 0 Å². The van der Waals surface area contributed by atoms with Crippen LogP contribution in [0.25, 0.3) is 0 Å². The van der Waals surface area contributed by atoms with Gasteiger partial charge in [-0.15, -0.1) is 13.2 Å². The van der Waals surface area contributed by atoms with Crippen molar-refractivity contribution in [3.05, 3.63) is 28.3 Å². The Balaban J connectivity index is 3.40. The first-order chi connectivity index (χ1) is 8.00. The second kappa shape index (κ2) is 4.61. The largest absolute Gasteiger partial charge is 0.573 e. The van der Waals surface area contributed by atoms with Crippen LogP contribution >= 0.6 is 10.7 Å². The van der Waals surface area contributed by atoms with Gasteiger partial charge in [-0.3, -0.25) is 10.1 Å². The SMILES string of the molecule is O=[N+]([O-])c1ccc(OC(F)(F)F)c(S(=O)(=O)Cl)c1. The Kier molecular flexibility index (Phi) is 3.72. The molecule has 0 unspecified atom stereocenters. The first-order valence-electron chi connectivity index (χ1n) is 3.99. The van der Waals surface area contributed by atoms with E-state index in [9.17, 15) is 31.7 Å².